The quantitative estimate of drug-likeness (QED) is 0.752. The second kappa shape index (κ2) is 6.43. The Kier molecular flexibility index (Phi) is 4.63. The van der Waals surface area contributed by atoms with Crippen LogP contribution < -0.4 is 16.0 Å². The van der Waals surface area contributed by atoms with Crippen molar-refractivity contribution >= 4 is 17.3 Å². The molecule has 1 amide bonds. The molecule has 0 saturated heterocycles. The molecule has 0 aliphatic carbocycles. The minimum Gasteiger partial charge on any atom is -0.383 e. The number of amides is 1. The fourth-order valence-corrected chi connectivity index (χ4v) is 2.14. The highest BCUT2D eigenvalue weighted by Gasteiger charge is 2.24. The molecule has 5 nitrogen and oxygen atoms in total. The van der Waals surface area contributed by atoms with Crippen molar-refractivity contribution in [2.75, 3.05) is 30.9 Å². The Bertz CT molecular complexity index is 436. The number of anilines is 2. The molecule has 2 rings (SSSR count). The number of methoxy groups -OCH3 is 1. The van der Waals surface area contributed by atoms with E-state index in [4.69, 9.17) is 4.74 Å². The summed E-state index contributed by atoms with van der Waals surface area (Å²) < 4.78 is 5.09. The van der Waals surface area contributed by atoms with Crippen LogP contribution in [0.3, 0.4) is 0 Å². The van der Waals surface area contributed by atoms with Crippen molar-refractivity contribution < 1.29 is 9.53 Å². The van der Waals surface area contributed by atoms with Crippen LogP contribution in [0.15, 0.2) is 24.3 Å². The van der Waals surface area contributed by atoms with Crippen molar-refractivity contribution in [2.45, 2.75) is 25.4 Å². The molecule has 2 atom stereocenters. The highest BCUT2D eigenvalue weighted by atomic mass is 16.5. The molecule has 1 aliphatic heterocycles. The van der Waals surface area contributed by atoms with E-state index in [0.29, 0.717) is 13.2 Å². The lowest BCUT2D eigenvalue weighted by Gasteiger charge is -2.28. The van der Waals surface area contributed by atoms with Gasteiger partial charge in [0.25, 0.3) is 0 Å². The highest BCUT2D eigenvalue weighted by Crippen LogP contribution is 2.25. The number of rotatable bonds is 5. The molecule has 1 aromatic rings. The highest BCUT2D eigenvalue weighted by molar-refractivity contribution is 5.88. The van der Waals surface area contributed by atoms with Gasteiger partial charge < -0.3 is 20.7 Å². The van der Waals surface area contributed by atoms with Crippen LogP contribution in [-0.4, -0.2) is 38.3 Å². The number of carbonyl (C=O) groups is 1. The third kappa shape index (κ3) is 3.38. The van der Waals surface area contributed by atoms with Crippen molar-refractivity contribution in [1.82, 2.24) is 5.32 Å². The van der Waals surface area contributed by atoms with Crippen molar-refractivity contribution in [1.29, 1.82) is 0 Å². The molecule has 0 spiro atoms. The first-order valence-corrected chi connectivity index (χ1v) is 6.63. The van der Waals surface area contributed by atoms with Gasteiger partial charge in [0.15, 0.2) is 0 Å². The summed E-state index contributed by atoms with van der Waals surface area (Å²) in [6.07, 6.45) is 0.857. The van der Waals surface area contributed by atoms with Crippen LogP contribution in [0.5, 0.6) is 0 Å². The number of benzene rings is 1. The van der Waals surface area contributed by atoms with E-state index in [9.17, 15) is 4.79 Å². The number of carbonyl (C=O) groups excluding carboxylic acids is 1. The Morgan fingerprint density at radius 3 is 2.89 bits per heavy atom. The fraction of sp³-hybridized carbons (Fsp3) is 0.500. The second-order valence-electron chi connectivity index (χ2n) is 4.69. The topological polar surface area (TPSA) is 62.4 Å². The van der Waals surface area contributed by atoms with Gasteiger partial charge in [-0.15, -0.1) is 0 Å². The lowest BCUT2D eigenvalue weighted by Crippen LogP contribution is -2.50. The maximum atomic E-state index is 12.2. The van der Waals surface area contributed by atoms with Gasteiger partial charge in [-0.2, -0.15) is 0 Å². The summed E-state index contributed by atoms with van der Waals surface area (Å²) in [5.74, 6) is 0.00547. The number of hydrogen-bond acceptors (Lipinski definition) is 4. The molecule has 0 saturated carbocycles. The molecule has 5 heteroatoms. The van der Waals surface area contributed by atoms with Gasteiger partial charge >= 0.3 is 0 Å². The summed E-state index contributed by atoms with van der Waals surface area (Å²) >= 11 is 0. The molecule has 104 valence electrons. The third-order valence-corrected chi connectivity index (χ3v) is 3.28. The van der Waals surface area contributed by atoms with E-state index >= 15 is 0 Å². The summed E-state index contributed by atoms with van der Waals surface area (Å²) in [4.78, 5) is 12.2. The van der Waals surface area contributed by atoms with E-state index in [1.54, 1.807) is 7.11 Å². The Hall–Kier alpha value is -1.75. The molecule has 0 aromatic heterocycles. The molecule has 1 heterocycles. The van der Waals surface area contributed by atoms with E-state index in [0.717, 1.165) is 17.8 Å². The minimum atomic E-state index is -0.249. The molecule has 0 bridgehead atoms. The van der Waals surface area contributed by atoms with Crippen LogP contribution >= 0.6 is 0 Å². The zero-order valence-corrected chi connectivity index (χ0v) is 11.4. The summed E-state index contributed by atoms with van der Waals surface area (Å²) in [5.41, 5.74) is 2.00. The van der Waals surface area contributed by atoms with Crippen LogP contribution in [0.2, 0.25) is 0 Å². The average Bonchev–Trinajstić information content (AvgIpc) is 2.46. The predicted molar refractivity (Wildman–Crippen MR) is 76.4 cm³/mol. The lowest BCUT2D eigenvalue weighted by molar-refractivity contribution is -0.122. The predicted octanol–water partition coefficient (Wildman–Crippen LogP) is 1.43. The third-order valence-electron chi connectivity index (χ3n) is 3.28. The first kappa shape index (κ1) is 13.7. The van der Waals surface area contributed by atoms with Crippen LogP contribution in [0.4, 0.5) is 11.4 Å². The molecule has 1 aromatic carbocycles. The lowest BCUT2D eigenvalue weighted by atomic mass is 10.1. The van der Waals surface area contributed by atoms with Gasteiger partial charge in [0.1, 0.15) is 6.04 Å². The largest absolute Gasteiger partial charge is 0.383 e. The molecule has 3 N–H and O–H groups in total. The minimum absolute atomic E-state index is 0.00547. The van der Waals surface area contributed by atoms with Crippen molar-refractivity contribution in [3.8, 4) is 0 Å². The molecular weight excluding hydrogens is 242 g/mol. The normalized spacial score (nSPS) is 18.7. The number of ether oxygens (including phenoxy) is 1. The van der Waals surface area contributed by atoms with Gasteiger partial charge in [0, 0.05) is 13.7 Å². The first-order chi connectivity index (χ1) is 9.24. The van der Waals surface area contributed by atoms with Crippen molar-refractivity contribution in [3.05, 3.63) is 24.3 Å². The Labute approximate surface area is 113 Å². The zero-order valence-electron chi connectivity index (χ0n) is 11.4. The van der Waals surface area contributed by atoms with E-state index in [1.807, 2.05) is 31.2 Å². The second-order valence-corrected chi connectivity index (χ2v) is 4.69. The number of fused-ring (bicyclic) bond motifs is 1. The summed E-state index contributed by atoms with van der Waals surface area (Å²) in [7, 11) is 1.64. The molecule has 1 aliphatic rings. The number of hydrogen-bond donors (Lipinski definition) is 3. The van der Waals surface area contributed by atoms with Gasteiger partial charge in [-0.1, -0.05) is 19.1 Å². The van der Waals surface area contributed by atoms with E-state index < -0.39 is 0 Å². The van der Waals surface area contributed by atoms with Crippen LogP contribution in [0, 0.1) is 0 Å². The van der Waals surface area contributed by atoms with Crippen molar-refractivity contribution in [3.63, 3.8) is 0 Å². The fourth-order valence-electron chi connectivity index (χ4n) is 2.14. The van der Waals surface area contributed by atoms with E-state index in [2.05, 4.69) is 16.0 Å². The summed E-state index contributed by atoms with van der Waals surface area (Å²) in [6.45, 7) is 3.16. The van der Waals surface area contributed by atoms with Crippen LogP contribution in [-0.2, 0) is 9.53 Å². The monoisotopic (exact) mass is 263 g/mol. The zero-order chi connectivity index (χ0) is 13.7. The molecule has 0 radical (unpaired) electrons. The standard InChI is InChI=1S/C14H21N3O2/c1-3-10(9-19-2)16-14(18)13-8-15-11-6-4-5-7-12(11)17-13/h4-7,10,13,15,17H,3,8-9H2,1-2H3,(H,16,18). The van der Waals surface area contributed by atoms with Gasteiger partial charge in [0.2, 0.25) is 5.91 Å². The summed E-state index contributed by atoms with van der Waals surface area (Å²) in [6, 6.07) is 7.70. The summed E-state index contributed by atoms with van der Waals surface area (Å²) in [5, 5.41) is 9.52. The van der Waals surface area contributed by atoms with Gasteiger partial charge in [-0.3, -0.25) is 4.79 Å². The van der Waals surface area contributed by atoms with Gasteiger partial charge in [0.05, 0.1) is 24.0 Å². The Morgan fingerprint density at radius 2 is 2.21 bits per heavy atom. The SMILES string of the molecule is CCC(COC)NC(=O)C1CNc2ccccc2N1. The molecule has 19 heavy (non-hydrogen) atoms. The van der Waals surface area contributed by atoms with Crippen LogP contribution in [0.1, 0.15) is 13.3 Å². The molecule has 0 fully saturated rings. The number of nitrogens with one attached hydrogen (secondary N) is 3. The van der Waals surface area contributed by atoms with Gasteiger partial charge in [-0.05, 0) is 18.6 Å². The number of para-hydroxylation sites is 2. The first-order valence-electron chi connectivity index (χ1n) is 6.63. The molecule has 2 unspecified atom stereocenters. The Balaban J connectivity index is 1.95. The van der Waals surface area contributed by atoms with Gasteiger partial charge in [-0.25, -0.2) is 0 Å². The average molecular weight is 263 g/mol. The smallest absolute Gasteiger partial charge is 0.244 e. The van der Waals surface area contributed by atoms with E-state index in [-0.39, 0.29) is 18.0 Å². The Morgan fingerprint density at radius 1 is 1.47 bits per heavy atom. The van der Waals surface area contributed by atoms with E-state index in [1.165, 1.54) is 0 Å². The van der Waals surface area contributed by atoms with Crippen molar-refractivity contribution in [2.24, 2.45) is 0 Å². The molecular formula is C14H21N3O2. The van der Waals surface area contributed by atoms with Crippen LogP contribution in [0.25, 0.3) is 0 Å². The maximum Gasteiger partial charge on any atom is 0.244 e. The maximum absolute atomic E-state index is 12.2.